The minimum Gasteiger partial charge on any atom is -0.476 e. The van der Waals surface area contributed by atoms with Crippen LogP contribution in [0.2, 0.25) is 5.02 Å². The van der Waals surface area contributed by atoms with E-state index >= 15 is 0 Å². The lowest BCUT2D eigenvalue weighted by Crippen LogP contribution is -2.55. The van der Waals surface area contributed by atoms with E-state index in [1.165, 1.54) is 6.20 Å². The van der Waals surface area contributed by atoms with Crippen molar-refractivity contribution in [1.82, 2.24) is 10.3 Å². The van der Waals surface area contributed by atoms with Gasteiger partial charge < -0.3 is 20.7 Å². The van der Waals surface area contributed by atoms with Crippen LogP contribution in [0.1, 0.15) is 49.9 Å². The Hall–Kier alpha value is -2.94. The van der Waals surface area contributed by atoms with Crippen LogP contribution in [-0.4, -0.2) is 40.5 Å². The topological polar surface area (TPSA) is 97.5 Å². The highest BCUT2D eigenvalue weighted by Crippen LogP contribution is 2.39. The minimum atomic E-state index is -1.35. The number of anilines is 1. The van der Waals surface area contributed by atoms with E-state index < -0.39 is 23.1 Å². The number of benzene rings is 1. The Labute approximate surface area is 195 Å². The lowest BCUT2D eigenvalue weighted by molar-refractivity contribution is -0.135. The Morgan fingerprint density at radius 3 is 2.39 bits per heavy atom. The summed E-state index contributed by atoms with van der Waals surface area (Å²) in [5.41, 5.74) is 4.30. The molecule has 3 heterocycles. The van der Waals surface area contributed by atoms with Crippen LogP contribution in [0, 0.1) is 11.6 Å². The molecule has 2 bridgehead atoms. The highest BCUT2D eigenvalue weighted by molar-refractivity contribution is 6.32. The Bertz CT molecular complexity index is 1070. The zero-order chi connectivity index (χ0) is 23.9. The van der Waals surface area contributed by atoms with E-state index in [-0.39, 0.29) is 34.8 Å². The predicted octanol–water partition coefficient (Wildman–Crippen LogP) is 3.59. The van der Waals surface area contributed by atoms with Gasteiger partial charge in [-0.1, -0.05) is 11.6 Å². The third-order valence-corrected chi connectivity index (χ3v) is 6.55. The van der Waals surface area contributed by atoms with Crippen LogP contribution < -0.4 is 20.7 Å². The van der Waals surface area contributed by atoms with Crippen LogP contribution in [-0.2, 0) is 4.79 Å². The highest BCUT2D eigenvalue weighted by Gasteiger charge is 2.43. The maximum Gasteiger partial charge on any atom is 0.263 e. The van der Waals surface area contributed by atoms with Crippen molar-refractivity contribution in [2.24, 2.45) is 5.73 Å². The first-order valence-electron chi connectivity index (χ1n) is 10.7. The van der Waals surface area contributed by atoms with Crippen LogP contribution in [0.3, 0.4) is 0 Å². The number of hydrogen-bond acceptors (Lipinski definition) is 5. The van der Waals surface area contributed by atoms with E-state index in [1.807, 2.05) is 0 Å². The fraction of sp³-hybridized carbons (Fsp3) is 0.435. The van der Waals surface area contributed by atoms with Gasteiger partial charge in [-0.05, 0) is 57.7 Å². The summed E-state index contributed by atoms with van der Waals surface area (Å²) in [6.45, 7) is 3.10. The third kappa shape index (κ3) is 4.73. The summed E-state index contributed by atoms with van der Waals surface area (Å²) in [7, 11) is 0. The molecule has 33 heavy (non-hydrogen) atoms. The Balaban J connectivity index is 1.41. The van der Waals surface area contributed by atoms with Gasteiger partial charge in [0.25, 0.3) is 5.91 Å². The number of piperidine rings is 1. The minimum absolute atomic E-state index is 0.0700. The largest absolute Gasteiger partial charge is 0.476 e. The van der Waals surface area contributed by atoms with Crippen LogP contribution in [0.5, 0.6) is 5.75 Å². The number of halogens is 3. The molecule has 1 aromatic heterocycles. The molecule has 2 aliphatic rings. The average Bonchev–Trinajstić information content (AvgIpc) is 3.02. The Kier molecular flexibility index (Phi) is 6.18. The summed E-state index contributed by atoms with van der Waals surface area (Å²) < 4.78 is 32.6. The number of fused-ring (bicyclic) bond motifs is 2. The van der Waals surface area contributed by atoms with E-state index in [1.54, 1.807) is 26.0 Å². The second kappa shape index (κ2) is 8.78. The first-order valence-corrected chi connectivity index (χ1v) is 11.1. The lowest BCUT2D eigenvalue weighted by atomic mass is 9.96. The number of aromatic nitrogens is 1. The summed E-state index contributed by atoms with van der Waals surface area (Å²) in [4.78, 5) is 30.9. The molecule has 2 fully saturated rings. The molecule has 2 atom stereocenters. The van der Waals surface area contributed by atoms with E-state index in [2.05, 4.69) is 15.2 Å². The van der Waals surface area contributed by atoms with Gasteiger partial charge in [0.15, 0.2) is 17.2 Å². The summed E-state index contributed by atoms with van der Waals surface area (Å²) in [5.74, 6) is -2.40. The summed E-state index contributed by atoms with van der Waals surface area (Å²) in [6.07, 6.45) is 4.88. The molecule has 0 spiro atoms. The van der Waals surface area contributed by atoms with Crippen molar-refractivity contribution in [1.29, 1.82) is 0 Å². The number of pyridine rings is 1. The molecule has 7 nitrogen and oxygen atoms in total. The van der Waals surface area contributed by atoms with Crippen LogP contribution in [0.25, 0.3) is 0 Å². The predicted molar refractivity (Wildman–Crippen MR) is 119 cm³/mol. The van der Waals surface area contributed by atoms with Gasteiger partial charge in [0, 0.05) is 30.4 Å². The van der Waals surface area contributed by atoms with Crippen LogP contribution in [0.4, 0.5) is 14.6 Å². The zero-order valence-corrected chi connectivity index (χ0v) is 19.0. The summed E-state index contributed by atoms with van der Waals surface area (Å²) >= 11 is 5.95. The van der Waals surface area contributed by atoms with Crippen LogP contribution >= 0.6 is 11.6 Å². The fourth-order valence-corrected chi connectivity index (χ4v) is 4.81. The van der Waals surface area contributed by atoms with Gasteiger partial charge in [0.05, 0.1) is 10.6 Å². The molecular weight excluding hydrogens is 454 g/mol. The van der Waals surface area contributed by atoms with Gasteiger partial charge in [-0.2, -0.15) is 0 Å². The molecule has 2 unspecified atom stereocenters. The van der Waals surface area contributed by atoms with Crippen molar-refractivity contribution in [3.8, 4) is 5.75 Å². The van der Waals surface area contributed by atoms with Gasteiger partial charge in [-0.15, -0.1) is 0 Å². The molecule has 1 aromatic carbocycles. The molecular formula is C23H25ClF2N4O3. The van der Waals surface area contributed by atoms with Crippen molar-refractivity contribution in [3.05, 3.63) is 52.7 Å². The van der Waals surface area contributed by atoms with E-state index in [9.17, 15) is 18.4 Å². The van der Waals surface area contributed by atoms with Crippen molar-refractivity contribution in [2.75, 3.05) is 4.90 Å². The molecule has 4 rings (SSSR count). The number of rotatable bonds is 6. The standard InChI is InChI=1S/C23H25ClF2N4O3/c1-23(2,33-19-10-18(26)17(25)9-16(19)24)22(32)29-13-7-14-4-5-15(8-13)30(14)20-6-3-12(11-28-20)21(27)31/h3,6,9-11,13-15H,4-5,7-8H2,1-2H3,(H2,27,31)(H,29,32). The number of amides is 2. The molecule has 2 aliphatic heterocycles. The van der Waals surface area contributed by atoms with Crippen LogP contribution in [0.15, 0.2) is 30.5 Å². The molecule has 0 aliphatic carbocycles. The first kappa shape index (κ1) is 23.2. The van der Waals surface area contributed by atoms with Crippen molar-refractivity contribution < 1.29 is 23.1 Å². The van der Waals surface area contributed by atoms with Gasteiger partial charge >= 0.3 is 0 Å². The SMILES string of the molecule is CC(C)(Oc1cc(F)c(F)cc1Cl)C(=O)NC1CC2CCC(C1)N2c1ccc(C(N)=O)cn1. The quantitative estimate of drug-likeness (QED) is 0.618. The van der Waals surface area contributed by atoms with Crippen molar-refractivity contribution >= 4 is 29.2 Å². The fourth-order valence-electron chi connectivity index (χ4n) is 4.62. The number of nitrogens with one attached hydrogen (secondary N) is 1. The normalized spacial score (nSPS) is 22.2. The lowest BCUT2D eigenvalue weighted by Gasteiger charge is -2.40. The molecule has 176 valence electrons. The van der Waals surface area contributed by atoms with E-state index in [0.29, 0.717) is 5.56 Å². The molecule has 3 N–H and O–H groups in total. The summed E-state index contributed by atoms with van der Waals surface area (Å²) in [6, 6.07) is 5.45. The smallest absolute Gasteiger partial charge is 0.263 e. The Morgan fingerprint density at radius 1 is 1.18 bits per heavy atom. The monoisotopic (exact) mass is 478 g/mol. The van der Waals surface area contributed by atoms with Crippen molar-refractivity contribution in [3.63, 3.8) is 0 Å². The maximum atomic E-state index is 13.6. The highest BCUT2D eigenvalue weighted by atomic mass is 35.5. The average molecular weight is 479 g/mol. The second-order valence-electron chi connectivity index (χ2n) is 9.01. The molecule has 10 heteroatoms. The zero-order valence-electron chi connectivity index (χ0n) is 18.3. The molecule has 0 radical (unpaired) electrons. The second-order valence-corrected chi connectivity index (χ2v) is 9.42. The van der Waals surface area contributed by atoms with Gasteiger partial charge in [0.1, 0.15) is 11.6 Å². The first-order chi connectivity index (χ1) is 15.5. The molecule has 0 saturated carbocycles. The maximum absolute atomic E-state index is 13.6. The number of nitrogens with zero attached hydrogens (tertiary/aromatic N) is 2. The van der Waals surface area contributed by atoms with E-state index in [0.717, 1.165) is 43.6 Å². The molecule has 2 aromatic rings. The number of hydrogen-bond donors (Lipinski definition) is 2. The number of carbonyl (C=O) groups excluding carboxylic acids is 2. The van der Waals surface area contributed by atoms with Crippen molar-refractivity contribution in [2.45, 2.75) is 63.3 Å². The summed E-state index contributed by atoms with van der Waals surface area (Å²) in [5, 5.41) is 2.92. The Morgan fingerprint density at radius 2 is 1.82 bits per heavy atom. The molecule has 2 saturated heterocycles. The number of primary amides is 1. The van der Waals surface area contributed by atoms with Gasteiger partial charge in [-0.3, -0.25) is 9.59 Å². The number of nitrogens with two attached hydrogens (primary N) is 1. The van der Waals surface area contributed by atoms with E-state index in [4.69, 9.17) is 22.1 Å². The van der Waals surface area contributed by atoms with Gasteiger partial charge in [-0.25, -0.2) is 13.8 Å². The van der Waals surface area contributed by atoms with Gasteiger partial charge in [0.2, 0.25) is 5.91 Å². The number of carbonyl (C=O) groups is 2. The third-order valence-electron chi connectivity index (χ3n) is 6.25. The number of ether oxygens (including phenoxy) is 1. The molecule has 2 amide bonds.